The molecule has 3 aromatic carbocycles. The van der Waals surface area contributed by atoms with Gasteiger partial charge in [-0.05, 0) is 56.3 Å². The Morgan fingerprint density at radius 3 is 1.50 bits per heavy atom. The third-order valence-electron chi connectivity index (χ3n) is 6.56. The molecule has 3 aromatic heterocycles. The predicted octanol–water partition coefficient (Wildman–Crippen LogP) is 10.8. The minimum absolute atomic E-state index is 0.291. The molecule has 46 heavy (non-hydrogen) atoms. The quantitative estimate of drug-likeness (QED) is 0.0892. The Morgan fingerprint density at radius 2 is 1.00 bits per heavy atom. The fourth-order valence-electron chi connectivity index (χ4n) is 4.36. The lowest BCUT2D eigenvalue weighted by Gasteiger charge is -1.96. The van der Waals surface area contributed by atoms with Crippen molar-refractivity contribution in [3.8, 4) is 0 Å². The zero-order valence-corrected chi connectivity index (χ0v) is 27.6. The fourth-order valence-corrected chi connectivity index (χ4v) is 5.30. The lowest BCUT2D eigenvalue weighted by Crippen LogP contribution is -1.86. The highest BCUT2D eigenvalue weighted by Crippen LogP contribution is 2.34. The number of hydrogen-bond donors (Lipinski definition) is 3. The van der Waals surface area contributed by atoms with Crippen LogP contribution < -0.4 is 0 Å². The smallest absolute Gasteiger partial charge is 0.186 e. The summed E-state index contributed by atoms with van der Waals surface area (Å²) in [6.45, 7) is 3.88. The molecule has 6 nitrogen and oxygen atoms in total. The van der Waals surface area contributed by atoms with E-state index in [0.29, 0.717) is 61.6 Å². The summed E-state index contributed by atoms with van der Waals surface area (Å²) in [5.74, 6) is 1.62. The molecule has 0 N–H and O–H groups in total. The minimum Gasteiger partial charge on any atom is -0.456 e. The highest BCUT2D eigenvalue weighted by atomic mass is 32.1. The van der Waals surface area contributed by atoms with Crippen LogP contribution in [0.25, 0.3) is 45.1 Å². The van der Waals surface area contributed by atoms with E-state index in [1.54, 1.807) is 24.3 Å². The summed E-state index contributed by atoms with van der Waals surface area (Å²) >= 11 is 13.0. The maximum absolute atomic E-state index is 11.0. The highest BCUT2D eigenvalue weighted by molar-refractivity contribution is 7.81. The van der Waals surface area contributed by atoms with Crippen molar-refractivity contribution in [3.63, 3.8) is 0 Å². The average molecular weight is 667 g/mol. The number of para-hydroxylation sites is 2. The van der Waals surface area contributed by atoms with E-state index < -0.39 is 0 Å². The van der Waals surface area contributed by atoms with Gasteiger partial charge in [-0.15, -0.1) is 37.9 Å². The molecule has 9 heteroatoms. The fraction of sp³-hybridized carbons (Fsp3) is 0.0541. The van der Waals surface area contributed by atoms with Crippen LogP contribution in [0.3, 0.4) is 0 Å². The van der Waals surface area contributed by atoms with Crippen LogP contribution in [0.4, 0.5) is 0 Å². The molecule has 0 bridgehead atoms. The molecule has 0 saturated heterocycles. The van der Waals surface area contributed by atoms with Crippen LogP contribution in [0.5, 0.6) is 0 Å². The summed E-state index contributed by atoms with van der Waals surface area (Å²) in [4.78, 5) is 34.6. The molecule has 0 unspecified atom stereocenters. The van der Waals surface area contributed by atoms with Crippen LogP contribution in [-0.2, 0) is 0 Å². The van der Waals surface area contributed by atoms with E-state index in [9.17, 15) is 14.4 Å². The van der Waals surface area contributed by atoms with Crippen LogP contribution in [0.15, 0.2) is 125 Å². The zero-order valence-electron chi connectivity index (χ0n) is 24.9. The summed E-state index contributed by atoms with van der Waals surface area (Å²) in [5.41, 5.74) is 2.83. The summed E-state index contributed by atoms with van der Waals surface area (Å²) in [6.07, 6.45) is 17.2. The van der Waals surface area contributed by atoms with Crippen LogP contribution in [0, 0.1) is 0 Å². The Labute approximate surface area is 282 Å². The monoisotopic (exact) mass is 666 g/mol. The van der Waals surface area contributed by atoms with Crippen LogP contribution in [0.1, 0.15) is 56.6 Å². The van der Waals surface area contributed by atoms with Crippen molar-refractivity contribution in [1.29, 1.82) is 0 Å². The maximum Gasteiger partial charge on any atom is 0.186 e. The molecular weight excluding hydrogens is 637 g/mol. The highest BCUT2D eigenvalue weighted by Gasteiger charge is 2.16. The lowest BCUT2D eigenvalue weighted by atomic mass is 10.1. The molecule has 0 atom stereocenters. The second kappa shape index (κ2) is 16.6. The lowest BCUT2D eigenvalue weighted by molar-refractivity contribution is 0.109. The average Bonchev–Trinajstić information content (AvgIpc) is 3.72. The van der Waals surface area contributed by atoms with Gasteiger partial charge >= 0.3 is 0 Å². The van der Waals surface area contributed by atoms with Crippen molar-refractivity contribution in [2.75, 3.05) is 0 Å². The van der Waals surface area contributed by atoms with Gasteiger partial charge < -0.3 is 13.3 Å². The molecule has 0 fully saturated rings. The number of allylic oxidation sites excluding steroid dienone is 6. The number of thiol groups is 3. The van der Waals surface area contributed by atoms with Crippen molar-refractivity contribution in [2.24, 2.45) is 0 Å². The molecule has 232 valence electrons. The Hall–Kier alpha value is -4.70. The van der Waals surface area contributed by atoms with Crippen LogP contribution >= 0.6 is 37.9 Å². The van der Waals surface area contributed by atoms with E-state index in [0.717, 1.165) is 33.3 Å². The first-order valence-corrected chi connectivity index (χ1v) is 15.4. The van der Waals surface area contributed by atoms with Gasteiger partial charge in [0.2, 0.25) is 0 Å². The van der Waals surface area contributed by atoms with Gasteiger partial charge in [0.15, 0.2) is 24.6 Å². The van der Waals surface area contributed by atoms with Crippen molar-refractivity contribution in [1.82, 2.24) is 0 Å². The largest absolute Gasteiger partial charge is 0.456 e. The first-order chi connectivity index (χ1) is 22.4. The topological polar surface area (TPSA) is 90.6 Å². The van der Waals surface area contributed by atoms with Gasteiger partial charge in [-0.2, -0.15) is 0 Å². The van der Waals surface area contributed by atoms with Gasteiger partial charge in [-0.1, -0.05) is 66.8 Å². The van der Waals surface area contributed by atoms with Crippen LogP contribution in [0.2, 0.25) is 0 Å². The van der Waals surface area contributed by atoms with Gasteiger partial charge in [0.05, 0.1) is 20.2 Å². The van der Waals surface area contributed by atoms with Crippen molar-refractivity contribution >= 4 is 102 Å². The molecule has 6 rings (SSSR count). The molecule has 0 aliphatic rings. The van der Waals surface area contributed by atoms with Crippen molar-refractivity contribution in [3.05, 3.63) is 126 Å². The van der Waals surface area contributed by atoms with E-state index in [1.165, 1.54) is 0 Å². The summed E-state index contributed by atoms with van der Waals surface area (Å²) in [6, 6.07) is 18.5. The van der Waals surface area contributed by atoms with Crippen molar-refractivity contribution < 1.29 is 27.6 Å². The molecule has 0 amide bonds. The van der Waals surface area contributed by atoms with Gasteiger partial charge in [-0.25, -0.2) is 0 Å². The third-order valence-corrected chi connectivity index (χ3v) is 7.92. The molecular formula is C37H30O6S3. The van der Waals surface area contributed by atoms with Gasteiger partial charge in [0.25, 0.3) is 0 Å². The van der Waals surface area contributed by atoms with E-state index in [-0.39, 0.29) is 0 Å². The Morgan fingerprint density at radius 1 is 0.522 bits per heavy atom. The van der Waals surface area contributed by atoms with Crippen LogP contribution in [-0.4, -0.2) is 18.9 Å². The standard InChI is InChI=1S/C15H12O3S.C13H12OS.C9H6O2S/c1-2-3-4-5-12-15(19)13-10(8-16)6-7-11(9-17)14(13)18-12;1-2-3-4-9-12-13(15)10-7-5-6-8-11(10)14-12;10-5-8-9(12)6-3-1-2-4-7(6)11-8/h2-9,19H,1H3;2-9,15H,1H3;1-5,12H/b3-2+,5-4+;3-2+,9-4+;. The Balaban J connectivity index is 0.000000161. The van der Waals surface area contributed by atoms with E-state index in [2.05, 4.69) is 37.9 Å². The van der Waals surface area contributed by atoms with E-state index in [1.807, 2.05) is 98.8 Å². The number of rotatable bonds is 7. The summed E-state index contributed by atoms with van der Waals surface area (Å²) < 4.78 is 16.5. The SMILES string of the molecule is C/C=C/C=C/c1oc2c(C=O)ccc(C=O)c2c1S.C/C=C/C=C/c1oc2ccccc2c1S.O=Cc1oc2ccccc2c1S. The van der Waals surface area contributed by atoms with Crippen molar-refractivity contribution in [2.45, 2.75) is 28.5 Å². The zero-order chi connectivity index (χ0) is 33.1. The molecule has 0 saturated carbocycles. The third kappa shape index (κ3) is 7.74. The van der Waals surface area contributed by atoms with Gasteiger partial charge in [-0.3, -0.25) is 14.4 Å². The molecule has 0 spiro atoms. The van der Waals surface area contributed by atoms with E-state index >= 15 is 0 Å². The van der Waals surface area contributed by atoms with Gasteiger partial charge in [0.1, 0.15) is 28.3 Å². The Kier molecular flexibility index (Phi) is 12.3. The number of aldehydes is 3. The first-order valence-electron chi connectivity index (χ1n) is 14.0. The number of furan rings is 3. The second-order valence-electron chi connectivity index (χ2n) is 9.51. The molecule has 6 aromatic rings. The Bertz CT molecular complexity index is 2120. The molecule has 0 aliphatic heterocycles. The normalized spacial score (nSPS) is 11.5. The molecule has 3 heterocycles. The number of carbonyl (C=O) groups excluding carboxylic acids is 3. The number of carbonyl (C=O) groups is 3. The number of benzene rings is 3. The number of fused-ring (bicyclic) bond motifs is 3. The number of hydrogen-bond acceptors (Lipinski definition) is 9. The predicted molar refractivity (Wildman–Crippen MR) is 194 cm³/mol. The minimum atomic E-state index is 0.291. The molecule has 0 aliphatic carbocycles. The van der Waals surface area contributed by atoms with Gasteiger partial charge in [0, 0.05) is 21.7 Å². The first kappa shape index (κ1) is 34.2. The second-order valence-corrected chi connectivity index (χ2v) is 10.9. The molecule has 0 radical (unpaired) electrons. The summed E-state index contributed by atoms with van der Waals surface area (Å²) in [5, 5.41) is 2.51. The van der Waals surface area contributed by atoms with E-state index in [4.69, 9.17) is 13.3 Å². The summed E-state index contributed by atoms with van der Waals surface area (Å²) in [7, 11) is 0. The maximum atomic E-state index is 11.0.